The molecule has 0 saturated heterocycles. The van der Waals surface area contributed by atoms with Crippen molar-refractivity contribution in [3.63, 3.8) is 0 Å². The molecule has 0 amide bonds. The van der Waals surface area contributed by atoms with E-state index in [4.69, 9.17) is 4.74 Å². The highest BCUT2D eigenvalue weighted by Crippen LogP contribution is 2.44. The number of methoxy groups -OCH3 is 1. The van der Waals surface area contributed by atoms with E-state index in [2.05, 4.69) is 10.5 Å². The minimum Gasteiger partial charge on any atom is -0.383 e. The summed E-state index contributed by atoms with van der Waals surface area (Å²) in [5.74, 6) is -2.83. The summed E-state index contributed by atoms with van der Waals surface area (Å²) in [5.41, 5.74) is 2.37. The molecule has 2 heterocycles. The highest BCUT2D eigenvalue weighted by Gasteiger charge is 2.47. The van der Waals surface area contributed by atoms with Crippen molar-refractivity contribution < 1.29 is 13.5 Å². The summed E-state index contributed by atoms with van der Waals surface area (Å²) in [6.07, 6.45) is 0.632. The van der Waals surface area contributed by atoms with Crippen molar-refractivity contribution in [2.75, 3.05) is 13.7 Å². The maximum absolute atomic E-state index is 13.4. The Morgan fingerprint density at radius 1 is 1.34 bits per heavy atom. The molecular weight excluding hydrogens is 402 g/mol. The molecule has 0 bridgehead atoms. The molecule has 10 heteroatoms. The Bertz CT molecular complexity index is 1050. The minimum atomic E-state index is -2.83. The number of ether oxygens (including phenoxy) is 1. The van der Waals surface area contributed by atoms with E-state index >= 15 is 0 Å². The number of aryl methyl sites for hydroxylation is 1. The second-order valence-electron chi connectivity index (χ2n) is 8.41. The number of rotatable bonds is 6. The molecule has 0 atom stereocenters. The van der Waals surface area contributed by atoms with Crippen LogP contribution in [0.2, 0.25) is 0 Å². The van der Waals surface area contributed by atoms with Gasteiger partial charge in [0.05, 0.1) is 35.7 Å². The molecule has 2 aromatic rings. The van der Waals surface area contributed by atoms with E-state index in [9.17, 15) is 18.4 Å². The summed E-state index contributed by atoms with van der Waals surface area (Å²) in [7, 11) is 1.51. The number of hydrazone groups is 1. The van der Waals surface area contributed by atoms with Gasteiger partial charge in [-0.1, -0.05) is 0 Å². The zero-order valence-corrected chi connectivity index (χ0v) is 18.0. The zero-order chi connectivity index (χ0) is 21.6. The Kier molecular flexibility index (Phi) is 5.70. The average Bonchev–Trinajstić information content (AvgIpc) is 2.89. The molecule has 1 saturated carbocycles. The first-order valence-corrected chi connectivity index (χ1v) is 10.2. The van der Waals surface area contributed by atoms with Crippen LogP contribution in [0.5, 0.6) is 0 Å². The average molecular weight is 429 g/mol. The van der Waals surface area contributed by atoms with Crippen LogP contribution in [0, 0.1) is 6.92 Å². The third-order valence-corrected chi connectivity index (χ3v) is 6.06. The number of hydrogen-bond donors (Lipinski definition) is 1. The lowest BCUT2D eigenvalue weighted by Gasteiger charge is -2.35. The van der Waals surface area contributed by atoms with Crippen LogP contribution >= 0.6 is 11.3 Å². The first-order valence-electron chi connectivity index (χ1n) is 9.40. The quantitative estimate of drug-likeness (QED) is 0.567. The number of nitrogens with zero attached hydrogens (tertiary/aromatic N) is 3. The molecule has 0 unspecified atom stereocenters. The first kappa shape index (κ1) is 21.6. The van der Waals surface area contributed by atoms with Gasteiger partial charge in [-0.05, 0) is 33.3 Å². The third-order valence-electron chi connectivity index (χ3n) is 4.81. The van der Waals surface area contributed by atoms with Crippen molar-refractivity contribution in [2.24, 2.45) is 5.10 Å². The monoisotopic (exact) mass is 428 g/mol. The Morgan fingerprint density at radius 2 is 2.00 bits per heavy atom. The van der Waals surface area contributed by atoms with Crippen LogP contribution in [0.15, 0.2) is 14.7 Å². The summed E-state index contributed by atoms with van der Waals surface area (Å²) >= 11 is 1.28. The number of halogens is 2. The van der Waals surface area contributed by atoms with E-state index in [0.717, 1.165) is 9.44 Å². The highest BCUT2D eigenvalue weighted by atomic mass is 32.1. The molecule has 0 aromatic carbocycles. The van der Waals surface area contributed by atoms with Gasteiger partial charge in [0.1, 0.15) is 4.83 Å². The molecular formula is C19H26F2N4O3S. The van der Waals surface area contributed by atoms with Gasteiger partial charge < -0.3 is 10.2 Å². The Balaban J connectivity index is 2.16. The predicted molar refractivity (Wildman–Crippen MR) is 111 cm³/mol. The van der Waals surface area contributed by atoms with Crippen LogP contribution in [-0.4, -0.2) is 40.5 Å². The molecule has 1 aliphatic rings. The minimum absolute atomic E-state index is 0.218. The standard InChI is InChI=1S/C19H26F2N4O3S/c1-11-13(10-22-23-18(2,3)4)29-16-14(11)15(26)25(12-8-19(20,21)9-12)17(27)24(16)6-7-28-5/h10,12,23H,6-9H2,1-5H3. The lowest BCUT2D eigenvalue weighted by Crippen LogP contribution is -2.49. The van der Waals surface area contributed by atoms with Crippen molar-refractivity contribution in [3.8, 4) is 0 Å². The molecule has 7 nitrogen and oxygen atoms in total. The number of aromatic nitrogens is 2. The molecule has 160 valence electrons. The van der Waals surface area contributed by atoms with Gasteiger partial charge >= 0.3 is 5.69 Å². The molecule has 1 aliphatic carbocycles. The molecule has 0 spiro atoms. The van der Waals surface area contributed by atoms with Crippen molar-refractivity contribution in [3.05, 3.63) is 31.3 Å². The second kappa shape index (κ2) is 7.64. The predicted octanol–water partition coefficient (Wildman–Crippen LogP) is 2.87. The van der Waals surface area contributed by atoms with Crippen LogP contribution in [0.1, 0.15) is 50.1 Å². The Morgan fingerprint density at radius 3 is 2.55 bits per heavy atom. The SMILES string of the molecule is COCCn1c(=O)n(C2CC(F)(F)C2)c(=O)c2c(C)c(C=NNC(C)(C)C)sc21. The van der Waals surface area contributed by atoms with Crippen LogP contribution < -0.4 is 16.7 Å². The van der Waals surface area contributed by atoms with E-state index in [0.29, 0.717) is 15.8 Å². The summed E-state index contributed by atoms with van der Waals surface area (Å²) in [5, 5.41) is 4.61. The van der Waals surface area contributed by atoms with Crippen LogP contribution in [0.3, 0.4) is 0 Å². The van der Waals surface area contributed by atoms with Gasteiger partial charge in [0.15, 0.2) is 0 Å². The number of thiophene rings is 1. The lowest BCUT2D eigenvalue weighted by molar-refractivity contribution is -0.106. The van der Waals surface area contributed by atoms with Gasteiger partial charge in [0.2, 0.25) is 0 Å². The fourth-order valence-corrected chi connectivity index (χ4v) is 4.49. The molecule has 29 heavy (non-hydrogen) atoms. The van der Waals surface area contributed by atoms with Gasteiger partial charge in [-0.2, -0.15) is 5.10 Å². The number of alkyl halides is 2. The summed E-state index contributed by atoms with van der Waals surface area (Å²) in [6.45, 7) is 8.18. The first-order chi connectivity index (χ1) is 13.4. The number of nitrogens with one attached hydrogen (secondary N) is 1. The van der Waals surface area contributed by atoms with Crippen LogP contribution in [0.25, 0.3) is 10.2 Å². The van der Waals surface area contributed by atoms with Gasteiger partial charge in [0, 0.05) is 25.5 Å². The van der Waals surface area contributed by atoms with E-state index in [1.165, 1.54) is 23.0 Å². The number of hydrogen-bond acceptors (Lipinski definition) is 6. The van der Waals surface area contributed by atoms with Crippen molar-refractivity contribution in [2.45, 2.75) is 64.6 Å². The second-order valence-corrected chi connectivity index (χ2v) is 9.44. The topological polar surface area (TPSA) is 77.6 Å². The molecule has 3 rings (SSSR count). The summed E-state index contributed by atoms with van der Waals surface area (Å²) in [4.78, 5) is 27.4. The molecule has 0 radical (unpaired) electrons. The third kappa shape index (κ3) is 4.28. The molecule has 0 aliphatic heterocycles. The fraction of sp³-hybridized carbons (Fsp3) is 0.632. The van der Waals surface area contributed by atoms with Gasteiger partial charge in [0.25, 0.3) is 11.5 Å². The van der Waals surface area contributed by atoms with Crippen molar-refractivity contribution >= 4 is 27.8 Å². The lowest BCUT2D eigenvalue weighted by atomic mass is 9.88. The molecule has 2 aromatic heterocycles. The number of fused-ring (bicyclic) bond motifs is 1. The van der Waals surface area contributed by atoms with E-state index in [1.54, 1.807) is 13.1 Å². The normalized spacial score (nSPS) is 17.2. The van der Waals surface area contributed by atoms with Crippen LogP contribution in [0.4, 0.5) is 8.78 Å². The summed E-state index contributed by atoms with van der Waals surface area (Å²) < 4.78 is 34.3. The van der Waals surface area contributed by atoms with Crippen molar-refractivity contribution in [1.29, 1.82) is 0 Å². The fourth-order valence-electron chi connectivity index (χ4n) is 3.30. The van der Waals surface area contributed by atoms with Gasteiger partial charge in [-0.15, -0.1) is 11.3 Å². The van der Waals surface area contributed by atoms with Gasteiger partial charge in [-0.25, -0.2) is 13.6 Å². The Labute approximate surface area is 171 Å². The van der Waals surface area contributed by atoms with Crippen molar-refractivity contribution in [1.82, 2.24) is 14.6 Å². The van der Waals surface area contributed by atoms with Gasteiger partial charge in [-0.3, -0.25) is 13.9 Å². The zero-order valence-electron chi connectivity index (χ0n) is 17.2. The largest absolute Gasteiger partial charge is 0.383 e. The maximum atomic E-state index is 13.4. The van der Waals surface area contributed by atoms with E-state index < -0.39 is 36.1 Å². The molecule has 1 fully saturated rings. The van der Waals surface area contributed by atoms with Crippen LogP contribution in [-0.2, 0) is 11.3 Å². The van der Waals surface area contributed by atoms with E-state index in [1.807, 2.05) is 20.8 Å². The summed E-state index contributed by atoms with van der Waals surface area (Å²) in [6, 6.07) is -0.790. The smallest absolute Gasteiger partial charge is 0.332 e. The highest BCUT2D eigenvalue weighted by molar-refractivity contribution is 7.20. The Hall–Kier alpha value is -2.07. The molecule has 1 N–H and O–H groups in total. The maximum Gasteiger partial charge on any atom is 0.332 e. The van der Waals surface area contributed by atoms with E-state index in [-0.39, 0.29) is 18.7 Å².